The lowest BCUT2D eigenvalue weighted by Crippen LogP contribution is -2.41. The molecule has 1 atom stereocenters. The van der Waals surface area contributed by atoms with Crippen LogP contribution in [-0.2, 0) is 24.5 Å². The number of benzene rings is 2. The quantitative estimate of drug-likeness (QED) is 0.271. The lowest BCUT2D eigenvalue weighted by atomic mass is 9.84. The average Bonchev–Trinajstić information content (AvgIpc) is 3.28. The second-order valence-electron chi connectivity index (χ2n) is 10.0. The Morgan fingerprint density at radius 1 is 1.15 bits per heavy atom. The van der Waals surface area contributed by atoms with Gasteiger partial charge < -0.3 is 14.4 Å². The molecule has 3 heterocycles. The summed E-state index contributed by atoms with van der Waals surface area (Å²) in [4.78, 5) is 32.9. The van der Waals surface area contributed by atoms with Gasteiger partial charge in [-0.05, 0) is 55.7 Å². The molecule has 0 aliphatic carbocycles. The van der Waals surface area contributed by atoms with E-state index >= 15 is 4.39 Å². The number of anilines is 1. The zero-order valence-corrected chi connectivity index (χ0v) is 23.6. The number of fused-ring (bicyclic) bond motifs is 1. The van der Waals surface area contributed by atoms with Gasteiger partial charge in [-0.15, -0.1) is 5.10 Å². The summed E-state index contributed by atoms with van der Waals surface area (Å²) in [5.41, 5.74) is 3.33. The smallest absolute Gasteiger partial charge is 0.350 e. The van der Waals surface area contributed by atoms with E-state index in [1.54, 1.807) is 17.2 Å². The second kappa shape index (κ2) is 11.5. The van der Waals surface area contributed by atoms with E-state index in [0.29, 0.717) is 36.1 Å². The molecule has 2 aromatic heterocycles. The Morgan fingerprint density at radius 2 is 1.90 bits per heavy atom. The molecular formula is C31H32FN5O4. The molecule has 0 saturated carbocycles. The van der Waals surface area contributed by atoms with Gasteiger partial charge in [-0.3, -0.25) is 9.36 Å². The topological polar surface area (TPSA) is 91.5 Å². The minimum Gasteiger partial charge on any atom is -0.480 e. The normalized spacial score (nSPS) is 14.7. The fraction of sp³-hybridized carbons (Fsp3) is 0.290. The van der Waals surface area contributed by atoms with E-state index in [9.17, 15) is 9.59 Å². The third-order valence-electron chi connectivity index (χ3n) is 7.31. The van der Waals surface area contributed by atoms with E-state index in [2.05, 4.69) is 16.7 Å². The molecule has 1 aliphatic heterocycles. The maximum Gasteiger partial charge on any atom is 0.350 e. The van der Waals surface area contributed by atoms with E-state index in [1.165, 1.54) is 23.8 Å². The first-order valence-electron chi connectivity index (χ1n) is 13.4. The van der Waals surface area contributed by atoms with E-state index in [1.807, 2.05) is 51.1 Å². The monoisotopic (exact) mass is 557 g/mol. The van der Waals surface area contributed by atoms with E-state index in [0.717, 1.165) is 21.4 Å². The molecule has 1 unspecified atom stereocenters. The van der Waals surface area contributed by atoms with Gasteiger partial charge in [0.25, 0.3) is 5.91 Å². The molecular weight excluding hydrogens is 525 g/mol. The van der Waals surface area contributed by atoms with Crippen LogP contribution >= 0.6 is 0 Å². The summed E-state index contributed by atoms with van der Waals surface area (Å²) < 4.78 is 29.5. The number of halogens is 1. The maximum absolute atomic E-state index is 15.7. The van der Waals surface area contributed by atoms with Crippen LogP contribution in [0.15, 0.2) is 71.7 Å². The summed E-state index contributed by atoms with van der Waals surface area (Å²) in [6.45, 7) is 10.7. The van der Waals surface area contributed by atoms with Crippen LogP contribution in [0, 0.1) is 12.7 Å². The Balaban J connectivity index is 1.53. The van der Waals surface area contributed by atoms with Crippen LogP contribution in [-0.4, -0.2) is 38.9 Å². The van der Waals surface area contributed by atoms with E-state index in [-0.39, 0.29) is 30.3 Å². The number of amides is 1. The van der Waals surface area contributed by atoms with E-state index in [4.69, 9.17) is 9.47 Å². The maximum atomic E-state index is 15.7. The molecule has 5 rings (SSSR count). The Labute approximate surface area is 237 Å². The number of ether oxygens (including phenoxy) is 2. The number of methoxy groups -OCH3 is 1. The zero-order valence-electron chi connectivity index (χ0n) is 23.6. The number of carbonyl (C=O) groups is 1. The van der Waals surface area contributed by atoms with Gasteiger partial charge in [0.2, 0.25) is 5.88 Å². The Kier molecular flexibility index (Phi) is 7.85. The van der Waals surface area contributed by atoms with Crippen LogP contribution in [0.4, 0.5) is 10.1 Å². The van der Waals surface area contributed by atoms with Crippen LogP contribution in [0.1, 0.15) is 52.6 Å². The van der Waals surface area contributed by atoms with Crippen molar-refractivity contribution in [2.24, 2.45) is 0 Å². The number of aromatic nitrogens is 4. The van der Waals surface area contributed by atoms with Crippen molar-refractivity contribution in [1.29, 1.82) is 0 Å². The SMILES string of the molecule is C=C(C)C1CN(c2c(C)ccnc2OC)C(=O)c2cc(F)c(-n3nc(COCc4ccccc4)n(CC)c3=O)cc21. The Bertz CT molecular complexity index is 1680. The Hall–Kier alpha value is -4.57. The van der Waals surface area contributed by atoms with Gasteiger partial charge in [0.15, 0.2) is 5.82 Å². The molecule has 0 bridgehead atoms. The van der Waals surface area contributed by atoms with E-state index < -0.39 is 17.4 Å². The molecule has 0 saturated heterocycles. The highest BCUT2D eigenvalue weighted by Crippen LogP contribution is 2.40. The fourth-order valence-electron chi connectivity index (χ4n) is 5.19. The highest BCUT2D eigenvalue weighted by atomic mass is 19.1. The highest BCUT2D eigenvalue weighted by Gasteiger charge is 2.36. The molecule has 0 fully saturated rings. The molecule has 0 N–H and O–H groups in total. The summed E-state index contributed by atoms with van der Waals surface area (Å²) in [6, 6.07) is 14.2. The van der Waals surface area contributed by atoms with Crippen LogP contribution in [0.5, 0.6) is 5.88 Å². The standard InChI is InChI=1S/C31H32FN5O4/c1-6-35-27(18-41-17-21-10-8-7-9-11-21)34-37(31(35)39)26-15-22-23(14-25(26)32)30(38)36(16-24(22)19(2)3)28-20(4)12-13-33-29(28)40-5/h7-15,24H,2,6,16-18H2,1,3-5H3. The summed E-state index contributed by atoms with van der Waals surface area (Å²) in [6.07, 6.45) is 1.61. The van der Waals surface area contributed by atoms with Gasteiger partial charge >= 0.3 is 5.69 Å². The molecule has 1 aliphatic rings. The minimum atomic E-state index is -0.742. The molecule has 2 aromatic carbocycles. The van der Waals surface area contributed by atoms with Gasteiger partial charge in [-0.2, -0.15) is 4.68 Å². The van der Waals surface area contributed by atoms with Crippen LogP contribution in [0.2, 0.25) is 0 Å². The number of hydrogen-bond acceptors (Lipinski definition) is 6. The van der Waals surface area contributed by atoms with Crippen molar-refractivity contribution in [1.82, 2.24) is 19.3 Å². The number of pyridine rings is 1. The molecule has 1 amide bonds. The van der Waals surface area contributed by atoms with Gasteiger partial charge in [0, 0.05) is 30.8 Å². The molecule has 0 spiro atoms. The van der Waals surface area contributed by atoms with Crippen molar-refractivity contribution in [2.45, 2.75) is 46.4 Å². The van der Waals surface area contributed by atoms with Crippen molar-refractivity contribution in [3.63, 3.8) is 0 Å². The molecule has 4 aromatic rings. The van der Waals surface area contributed by atoms with Crippen molar-refractivity contribution < 1.29 is 18.7 Å². The summed E-state index contributed by atoms with van der Waals surface area (Å²) in [5, 5.41) is 4.44. The predicted octanol–water partition coefficient (Wildman–Crippen LogP) is 4.94. The minimum absolute atomic E-state index is 0.0344. The molecule has 212 valence electrons. The van der Waals surface area contributed by atoms with Crippen LogP contribution in [0.3, 0.4) is 0 Å². The number of hydrogen-bond donors (Lipinski definition) is 0. The first-order valence-corrected chi connectivity index (χ1v) is 13.4. The number of rotatable bonds is 9. The lowest BCUT2D eigenvalue weighted by Gasteiger charge is -2.36. The fourth-order valence-corrected chi connectivity index (χ4v) is 5.19. The first-order chi connectivity index (χ1) is 19.7. The molecule has 41 heavy (non-hydrogen) atoms. The van der Waals surface area contributed by atoms with Crippen LogP contribution in [0.25, 0.3) is 5.69 Å². The summed E-state index contributed by atoms with van der Waals surface area (Å²) >= 11 is 0. The molecule has 0 radical (unpaired) electrons. The lowest BCUT2D eigenvalue weighted by molar-refractivity contribution is 0.0976. The molecule has 9 nitrogen and oxygen atoms in total. The van der Waals surface area contributed by atoms with Crippen LogP contribution < -0.4 is 15.3 Å². The average molecular weight is 558 g/mol. The van der Waals surface area contributed by atoms with Gasteiger partial charge in [0.1, 0.15) is 23.8 Å². The third-order valence-corrected chi connectivity index (χ3v) is 7.31. The zero-order chi connectivity index (χ0) is 29.3. The van der Waals surface area contributed by atoms with Crippen molar-refractivity contribution in [3.8, 4) is 11.6 Å². The summed E-state index contributed by atoms with van der Waals surface area (Å²) in [5.74, 6) is -0.780. The number of carbonyl (C=O) groups excluding carboxylic acids is 1. The highest BCUT2D eigenvalue weighted by molar-refractivity contribution is 6.09. The Morgan fingerprint density at radius 3 is 2.59 bits per heavy atom. The summed E-state index contributed by atoms with van der Waals surface area (Å²) in [7, 11) is 1.49. The largest absolute Gasteiger partial charge is 0.480 e. The third kappa shape index (κ3) is 5.18. The molecule has 10 heteroatoms. The van der Waals surface area contributed by atoms with Crippen molar-refractivity contribution in [2.75, 3.05) is 18.6 Å². The van der Waals surface area contributed by atoms with Crippen molar-refractivity contribution in [3.05, 3.63) is 111 Å². The first kappa shape index (κ1) is 28.0. The van der Waals surface area contributed by atoms with Gasteiger partial charge in [-0.1, -0.05) is 42.5 Å². The second-order valence-corrected chi connectivity index (χ2v) is 10.0. The predicted molar refractivity (Wildman–Crippen MR) is 153 cm³/mol. The van der Waals surface area contributed by atoms with Gasteiger partial charge in [-0.25, -0.2) is 14.2 Å². The van der Waals surface area contributed by atoms with Crippen molar-refractivity contribution >= 4 is 11.6 Å². The number of nitrogens with zero attached hydrogens (tertiary/aromatic N) is 5. The number of aryl methyl sites for hydroxylation is 1. The van der Waals surface area contributed by atoms with Gasteiger partial charge in [0.05, 0.1) is 13.7 Å².